The summed E-state index contributed by atoms with van der Waals surface area (Å²) in [6.07, 6.45) is 3.74. The highest BCUT2D eigenvalue weighted by Crippen LogP contribution is 2.41. The van der Waals surface area contributed by atoms with Gasteiger partial charge in [0.05, 0.1) is 12.5 Å². The van der Waals surface area contributed by atoms with Crippen LogP contribution in [0.15, 0.2) is 29.1 Å². The molecule has 6 nitrogen and oxygen atoms in total. The molecule has 0 aliphatic heterocycles. The molecule has 1 unspecified atom stereocenters. The summed E-state index contributed by atoms with van der Waals surface area (Å²) in [5, 5.41) is 3.67. The van der Waals surface area contributed by atoms with Crippen LogP contribution in [0.5, 0.6) is 5.75 Å². The highest BCUT2D eigenvalue weighted by Gasteiger charge is 2.31. The maximum absolute atomic E-state index is 12.8. The minimum Gasteiger partial charge on any atom is -0.497 e. The second-order valence-electron chi connectivity index (χ2n) is 9.63. The molecule has 170 valence electrons. The predicted molar refractivity (Wildman–Crippen MR) is 128 cm³/mol. The van der Waals surface area contributed by atoms with Gasteiger partial charge in [-0.1, -0.05) is 32.9 Å². The molecule has 1 aliphatic carbocycles. The lowest BCUT2D eigenvalue weighted by molar-refractivity contribution is -0.121. The van der Waals surface area contributed by atoms with Crippen molar-refractivity contribution in [2.45, 2.75) is 59.4 Å². The van der Waals surface area contributed by atoms with E-state index in [1.807, 2.05) is 24.3 Å². The monoisotopic (exact) mass is 453 g/mol. The fourth-order valence-electron chi connectivity index (χ4n) is 4.39. The normalized spacial score (nSPS) is 16.1. The lowest BCUT2D eigenvalue weighted by atomic mass is 9.72. The summed E-state index contributed by atoms with van der Waals surface area (Å²) in [4.78, 5) is 34.9. The summed E-state index contributed by atoms with van der Waals surface area (Å²) in [6, 6.07) is 7.61. The zero-order valence-electron chi connectivity index (χ0n) is 19.2. The molecule has 3 aromatic rings. The maximum Gasteiger partial charge on any atom is 0.259 e. The molecule has 1 atom stereocenters. The van der Waals surface area contributed by atoms with Crippen LogP contribution in [0, 0.1) is 11.3 Å². The molecule has 7 heteroatoms. The summed E-state index contributed by atoms with van der Waals surface area (Å²) < 4.78 is 5.21. The van der Waals surface area contributed by atoms with Crippen molar-refractivity contribution in [3.63, 3.8) is 0 Å². The van der Waals surface area contributed by atoms with E-state index >= 15 is 0 Å². The van der Waals surface area contributed by atoms with E-state index in [9.17, 15) is 9.59 Å². The molecule has 0 spiro atoms. The van der Waals surface area contributed by atoms with E-state index in [4.69, 9.17) is 9.72 Å². The van der Waals surface area contributed by atoms with Gasteiger partial charge in [-0.25, -0.2) is 4.98 Å². The Bertz CT molecular complexity index is 1190. The van der Waals surface area contributed by atoms with Gasteiger partial charge in [-0.15, -0.1) is 11.3 Å². The van der Waals surface area contributed by atoms with E-state index < -0.39 is 0 Å². The molecule has 0 saturated carbocycles. The number of nitrogens with one attached hydrogen (secondary N) is 2. The SMILES string of the molecule is COc1cccc(CNC(=O)CCc2nc3sc4c(c3c(=O)[nH]2)CCC(C(C)(C)C)C4)c1. The fraction of sp³-hybridized carbons (Fsp3) is 0.480. The molecule has 1 aromatic carbocycles. The minimum absolute atomic E-state index is 0.0749. The van der Waals surface area contributed by atoms with Crippen LogP contribution in [-0.4, -0.2) is 23.0 Å². The number of aromatic nitrogens is 2. The number of amides is 1. The number of benzene rings is 1. The molecule has 0 saturated heterocycles. The number of carbonyl (C=O) groups is 1. The van der Waals surface area contributed by atoms with E-state index in [0.717, 1.165) is 40.8 Å². The van der Waals surface area contributed by atoms with E-state index in [0.29, 0.717) is 24.7 Å². The van der Waals surface area contributed by atoms with Crippen molar-refractivity contribution in [2.24, 2.45) is 11.3 Å². The molecular formula is C25H31N3O3S. The highest BCUT2D eigenvalue weighted by molar-refractivity contribution is 7.18. The number of ether oxygens (including phenoxy) is 1. The summed E-state index contributed by atoms with van der Waals surface area (Å²) in [6.45, 7) is 7.31. The maximum atomic E-state index is 12.8. The molecule has 2 N–H and O–H groups in total. The molecule has 2 heterocycles. The number of hydrogen-bond donors (Lipinski definition) is 2. The first kappa shape index (κ1) is 22.5. The first-order valence-electron chi connectivity index (χ1n) is 11.2. The molecule has 0 bridgehead atoms. The van der Waals surface area contributed by atoms with Gasteiger partial charge in [0.1, 0.15) is 16.4 Å². The third-order valence-electron chi connectivity index (χ3n) is 6.41. The van der Waals surface area contributed by atoms with E-state index in [1.54, 1.807) is 18.4 Å². The summed E-state index contributed by atoms with van der Waals surface area (Å²) in [7, 11) is 1.62. The van der Waals surface area contributed by atoms with Gasteiger partial charge in [-0.05, 0) is 53.9 Å². The first-order valence-corrected chi connectivity index (χ1v) is 12.0. The van der Waals surface area contributed by atoms with Crippen LogP contribution in [0.2, 0.25) is 0 Å². The Morgan fingerprint density at radius 1 is 1.34 bits per heavy atom. The van der Waals surface area contributed by atoms with Crippen molar-refractivity contribution < 1.29 is 9.53 Å². The van der Waals surface area contributed by atoms with Crippen LogP contribution in [0.3, 0.4) is 0 Å². The third kappa shape index (κ3) is 4.88. The topological polar surface area (TPSA) is 84.1 Å². The smallest absolute Gasteiger partial charge is 0.259 e. The van der Waals surface area contributed by atoms with Crippen molar-refractivity contribution in [2.75, 3.05) is 7.11 Å². The van der Waals surface area contributed by atoms with Crippen LogP contribution >= 0.6 is 11.3 Å². The van der Waals surface area contributed by atoms with Crippen molar-refractivity contribution >= 4 is 27.5 Å². The van der Waals surface area contributed by atoms with Crippen LogP contribution in [-0.2, 0) is 30.6 Å². The zero-order valence-corrected chi connectivity index (χ0v) is 20.0. The Morgan fingerprint density at radius 3 is 2.91 bits per heavy atom. The fourth-order valence-corrected chi connectivity index (χ4v) is 5.71. The Labute approximate surface area is 192 Å². The van der Waals surface area contributed by atoms with Gasteiger partial charge in [-0.3, -0.25) is 9.59 Å². The molecule has 1 amide bonds. The summed E-state index contributed by atoms with van der Waals surface area (Å²) >= 11 is 1.65. The second kappa shape index (κ2) is 9.06. The molecular weight excluding hydrogens is 422 g/mol. The molecule has 4 rings (SSSR count). The Morgan fingerprint density at radius 2 is 2.16 bits per heavy atom. The number of nitrogens with zero attached hydrogens (tertiary/aromatic N) is 1. The van der Waals surface area contributed by atoms with Gasteiger partial charge < -0.3 is 15.0 Å². The van der Waals surface area contributed by atoms with Gasteiger partial charge in [0.15, 0.2) is 0 Å². The van der Waals surface area contributed by atoms with Gasteiger partial charge in [0.25, 0.3) is 5.56 Å². The quantitative estimate of drug-likeness (QED) is 0.580. The summed E-state index contributed by atoms with van der Waals surface area (Å²) in [5.41, 5.74) is 2.34. The number of rotatable bonds is 6. The largest absolute Gasteiger partial charge is 0.497 e. The van der Waals surface area contributed by atoms with Gasteiger partial charge in [0, 0.05) is 24.3 Å². The predicted octanol–water partition coefficient (Wildman–Crippen LogP) is 4.39. The van der Waals surface area contributed by atoms with Crippen molar-refractivity contribution in [3.8, 4) is 5.75 Å². The molecule has 0 radical (unpaired) electrons. The Hall–Kier alpha value is -2.67. The van der Waals surface area contributed by atoms with Crippen molar-refractivity contribution in [1.29, 1.82) is 0 Å². The molecule has 0 fully saturated rings. The lowest BCUT2D eigenvalue weighted by Crippen LogP contribution is -2.26. The highest BCUT2D eigenvalue weighted by atomic mass is 32.1. The Kier molecular flexibility index (Phi) is 6.38. The van der Waals surface area contributed by atoms with E-state index in [1.165, 1.54) is 10.4 Å². The van der Waals surface area contributed by atoms with Crippen LogP contribution < -0.4 is 15.6 Å². The molecule has 1 aliphatic rings. The zero-order chi connectivity index (χ0) is 22.9. The molecule has 2 aromatic heterocycles. The molecule has 32 heavy (non-hydrogen) atoms. The van der Waals surface area contributed by atoms with E-state index in [-0.39, 0.29) is 23.3 Å². The number of hydrogen-bond acceptors (Lipinski definition) is 5. The number of H-pyrrole nitrogens is 1. The van der Waals surface area contributed by atoms with Crippen molar-refractivity contribution in [1.82, 2.24) is 15.3 Å². The van der Waals surface area contributed by atoms with Crippen molar-refractivity contribution in [3.05, 3.63) is 56.4 Å². The number of thiophene rings is 1. The standard InChI is InChI=1S/C25H31N3O3S/c1-25(2,3)16-8-9-18-19(13-16)32-24-22(18)23(30)27-20(28-24)10-11-21(29)26-14-15-6-5-7-17(12-15)31-4/h5-7,12,16H,8-11,13-14H2,1-4H3,(H,26,29)(H,27,28,30). The van der Waals surface area contributed by atoms with Gasteiger partial charge in [0.2, 0.25) is 5.91 Å². The number of aromatic amines is 1. The van der Waals surface area contributed by atoms with E-state index in [2.05, 4.69) is 31.1 Å². The average Bonchev–Trinajstić information content (AvgIpc) is 3.14. The number of methoxy groups -OCH3 is 1. The van der Waals surface area contributed by atoms with Crippen LogP contribution in [0.4, 0.5) is 0 Å². The number of aryl methyl sites for hydroxylation is 2. The third-order valence-corrected chi connectivity index (χ3v) is 7.55. The van der Waals surface area contributed by atoms with Gasteiger partial charge >= 0.3 is 0 Å². The minimum atomic E-state index is -0.0755. The second-order valence-corrected chi connectivity index (χ2v) is 10.7. The number of carbonyl (C=O) groups excluding carboxylic acids is 1. The van der Waals surface area contributed by atoms with Gasteiger partial charge in [-0.2, -0.15) is 0 Å². The van der Waals surface area contributed by atoms with Crippen LogP contribution in [0.25, 0.3) is 10.2 Å². The average molecular weight is 454 g/mol. The Balaban J connectivity index is 1.42. The first-order chi connectivity index (χ1) is 15.2. The number of fused-ring (bicyclic) bond motifs is 3. The summed E-state index contributed by atoms with van der Waals surface area (Å²) in [5.74, 6) is 1.88. The lowest BCUT2D eigenvalue weighted by Gasteiger charge is -2.33. The van der Waals surface area contributed by atoms with Crippen LogP contribution in [0.1, 0.15) is 55.4 Å².